The maximum atomic E-state index is 9.41. The van der Waals surface area contributed by atoms with E-state index < -0.39 is 0 Å². The molecule has 3 unspecified atom stereocenters. The Morgan fingerprint density at radius 1 is 1.37 bits per heavy atom. The minimum atomic E-state index is 0.354. The average Bonchev–Trinajstić information content (AvgIpc) is 2.96. The van der Waals surface area contributed by atoms with E-state index >= 15 is 0 Å². The lowest BCUT2D eigenvalue weighted by Crippen LogP contribution is -2.36. The van der Waals surface area contributed by atoms with Crippen LogP contribution in [0.5, 0.6) is 0 Å². The molecule has 108 valence electrons. The van der Waals surface area contributed by atoms with E-state index in [2.05, 4.69) is 12.2 Å². The summed E-state index contributed by atoms with van der Waals surface area (Å²) in [6.07, 6.45) is 8.91. The van der Waals surface area contributed by atoms with Crippen LogP contribution in [0.25, 0.3) is 0 Å². The van der Waals surface area contributed by atoms with Crippen molar-refractivity contribution in [2.45, 2.75) is 51.5 Å². The summed E-state index contributed by atoms with van der Waals surface area (Å²) in [6, 6.07) is 4.49. The van der Waals surface area contributed by atoms with Gasteiger partial charge in [-0.3, -0.25) is 0 Å². The normalized spacial score (nSPS) is 25.4. The lowest BCUT2D eigenvalue weighted by atomic mass is 9.79. The van der Waals surface area contributed by atoms with E-state index in [1.807, 2.05) is 12.1 Å². The third kappa shape index (κ3) is 4.66. The molecular weight excluding hydrogens is 238 g/mol. The highest BCUT2D eigenvalue weighted by Crippen LogP contribution is 2.29. The van der Waals surface area contributed by atoms with Crippen LogP contribution in [0.4, 0.5) is 0 Å². The van der Waals surface area contributed by atoms with Gasteiger partial charge in [0.2, 0.25) is 0 Å². The summed E-state index contributed by atoms with van der Waals surface area (Å²) in [5, 5.41) is 13.0. The molecule has 3 atom stereocenters. The van der Waals surface area contributed by atoms with Gasteiger partial charge in [0.25, 0.3) is 0 Å². The molecule has 3 nitrogen and oxygen atoms in total. The maximum Gasteiger partial charge on any atom is 0.103 e. The predicted molar refractivity (Wildman–Crippen MR) is 77.0 cm³/mol. The molecule has 0 radical (unpaired) electrons. The zero-order chi connectivity index (χ0) is 13.5. The molecule has 0 aromatic carbocycles. The highest BCUT2D eigenvalue weighted by atomic mass is 16.3. The topological polar surface area (TPSA) is 45.4 Å². The fourth-order valence-corrected chi connectivity index (χ4v) is 3.06. The van der Waals surface area contributed by atoms with Gasteiger partial charge in [-0.05, 0) is 56.7 Å². The van der Waals surface area contributed by atoms with Gasteiger partial charge < -0.3 is 14.8 Å². The molecular formula is C16H27NO2. The van der Waals surface area contributed by atoms with Crippen LogP contribution in [0.1, 0.15) is 44.8 Å². The summed E-state index contributed by atoms with van der Waals surface area (Å²) >= 11 is 0. The maximum absolute atomic E-state index is 9.41. The number of hydrogen-bond donors (Lipinski definition) is 2. The number of furan rings is 1. The van der Waals surface area contributed by atoms with Crippen molar-refractivity contribution in [2.24, 2.45) is 11.8 Å². The Morgan fingerprint density at radius 2 is 2.16 bits per heavy atom. The average molecular weight is 265 g/mol. The van der Waals surface area contributed by atoms with Gasteiger partial charge in [0.05, 0.1) is 6.26 Å². The lowest BCUT2D eigenvalue weighted by molar-refractivity contribution is 0.131. The van der Waals surface area contributed by atoms with E-state index in [0.717, 1.165) is 25.1 Å². The van der Waals surface area contributed by atoms with Crippen LogP contribution in [-0.4, -0.2) is 24.3 Å². The third-order valence-electron chi connectivity index (χ3n) is 4.43. The van der Waals surface area contributed by atoms with Gasteiger partial charge >= 0.3 is 0 Å². The van der Waals surface area contributed by atoms with E-state index in [0.29, 0.717) is 24.5 Å². The fraction of sp³-hybridized carbons (Fsp3) is 0.750. The largest absolute Gasteiger partial charge is 0.469 e. The van der Waals surface area contributed by atoms with Crippen molar-refractivity contribution < 1.29 is 9.52 Å². The molecule has 0 aliphatic heterocycles. The van der Waals surface area contributed by atoms with E-state index in [1.165, 1.54) is 25.7 Å². The minimum absolute atomic E-state index is 0.354. The molecule has 19 heavy (non-hydrogen) atoms. The van der Waals surface area contributed by atoms with Gasteiger partial charge in [-0.15, -0.1) is 0 Å². The number of aliphatic hydroxyl groups excluding tert-OH is 1. The first-order chi connectivity index (χ1) is 9.29. The molecule has 1 fully saturated rings. The SMILES string of the molecule is CC(CCc1ccco1)NCC1CCCCC1CO. The molecule has 0 amide bonds. The second-order valence-electron chi connectivity index (χ2n) is 5.91. The van der Waals surface area contributed by atoms with Crippen molar-refractivity contribution in [1.82, 2.24) is 5.32 Å². The Balaban J connectivity index is 1.66. The van der Waals surface area contributed by atoms with Crippen molar-refractivity contribution in [3.8, 4) is 0 Å². The molecule has 0 bridgehead atoms. The number of aryl methyl sites for hydroxylation is 1. The van der Waals surface area contributed by atoms with Crippen LogP contribution >= 0.6 is 0 Å². The molecule has 2 rings (SSSR count). The molecule has 0 spiro atoms. The number of aliphatic hydroxyl groups is 1. The molecule has 1 aromatic heterocycles. The smallest absolute Gasteiger partial charge is 0.103 e. The Labute approximate surface area is 116 Å². The summed E-state index contributed by atoms with van der Waals surface area (Å²) in [7, 11) is 0. The van der Waals surface area contributed by atoms with Crippen LogP contribution in [0.15, 0.2) is 22.8 Å². The highest BCUT2D eigenvalue weighted by Gasteiger charge is 2.24. The van der Waals surface area contributed by atoms with Crippen LogP contribution < -0.4 is 5.32 Å². The Morgan fingerprint density at radius 3 is 2.84 bits per heavy atom. The van der Waals surface area contributed by atoms with Crippen LogP contribution in [0.2, 0.25) is 0 Å². The zero-order valence-corrected chi connectivity index (χ0v) is 12.0. The molecule has 1 saturated carbocycles. The monoisotopic (exact) mass is 265 g/mol. The number of rotatable bonds is 7. The van der Waals surface area contributed by atoms with Crippen molar-refractivity contribution in [1.29, 1.82) is 0 Å². The first-order valence-corrected chi connectivity index (χ1v) is 7.66. The van der Waals surface area contributed by atoms with Crippen molar-refractivity contribution in [3.63, 3.8) is 0 Å². The van der Waals surface area contributed by atoms with Crippen molar-refractivity contribution in [2.75, 3.05) is 13.2 Å². The van der Waals surface area contributed by atoms with E-state index in [4.69, 9.17) is 4.42 Å². The summed E-state index contributed by atoms with van der Waals surface area (Å²) in [5.41, 5.74) is 0. The summed E-state index contributed by atoms with van der Waals surface area (Å²) in [5.74, 6) is 2.24. The Bertz CT molecular complexity index is 337. The predicted octanol–water partition coefficient (Wildman–Crippen LogP) is 2.99. The summed E-state index contributed by atoms with van der Waals surface area (Å²) in [4.78, 5) is 0. The zero-order valence-electron chi connectivity index (χ0n) is 12.0. The van der Waals surface area contributed by atoms with Crippen LogP contribution in [0.3, 0.4) is 0 Å². The summed E-state index contributed by atoms with van der Waals surface area (Å²) < 4.78 is 5.35. The van der Waals surface area contributed by atoms with E-state index in [1.54, 1.807) is 6.26 Å². The standard InChI is InChI=1S/C16H27NO2/c1-13(8-9-16-7-4-10-19-16)17-11-14-5-2-3-6-15(14)12-18/h4,7,10,13-15,17-18H,2-3,5-6,8-9,11-12H2,1H3. The number of hydrogen-bond acceptors (Lipinski definition) is 3. The Hall–Kier alpha value is -0.800. The quantitative estimate of drug-likeness (QED) is 0.796. The Kier molecular flexibility index (Phi) is 5.93. The molecule has 1 heterocycles. The van der Waals surface area contributed by atoms with Gasteiger partial charge in [-0.1, -0.05) is 12.8 Å². The molecule has 1 aromatic rings. The van der Waals surface area contributed by atoms with Crippen LogP contribution in [-0.2, 0) is 6.42 Å². The van der Waals surface area contributed by atoms with E-state index in [9.17, 15) is 5.11 Å². The number of nitrogens with one attached hydrogen (secondary N) is 1. The fourth-order valence-electron chi connectivity index (χ4n) is 3.06. The first kappa shape index (κ1) is 14.6. The summed E-state index contributed by atoms with van der Waals surface area (Å²) in [6.45, 7) is 3.64. The minimum Gasteiger partial charge on any atom is -0.469 e. The first-order valence-electron chi connectivity index (χ1n) is 7.66. The second-order valence-corrected chi connectivity index (χ2v) is 5.91. The molecule has 1 aliphatic rings. The van der Waals surface area contributed by atoms with Crippen molar-refractivity contribution >= 4 is 0 Å². The van der Waals surface area contributed by atoms with Gasteiger partial charge in [-0.2, -0.15) is 0 Å². The molecule has 3 heteroatoms. The molecule has 2 N–H and O–H groups in total. The van der Waals surface area contributed by atoms with E-state index in [-0.39, 0.29) is 0 Å². The van der Waals surface area contributed by atoms with Crippen molar-refractivity contribution in [3.05, 3.63) is 24.2 Å². The van der Waals surface area contributed by atoms with Gasteiger partial charge in [-0.25, -0.2) is 0 Å². The van der Waals surface area contributed by atoms with Gasteiger partial charge in [0.15, 0.2) is 0 Å². The third-order valence-corrected chi connectivity index (χ3v) is 4.43. The lowest BCUT2D eigenvalue weighted by Gasteiger charge is -2.31. The molecule has 1 aliphatic carbocycles. The molecule has 0 saturated heterocycles. The van der Waals surface area contributed by atoms with Gasteiger partial charge in [0, 0.05) is 19.1 Å². The second kappa shape index (κ2) is 7.71. The van der Waals surface area contributed by atoms with Crippen LogP contribution in [0, 0.1) is 11.8 Å². The highest BCUT2D eigenvalue weighted by molar-refractivity contribution is 4.98. The van der Waals surface area contributed by atoms with Gasteiger partial charge in [0.1, 0.15) is 5.76 Å².